The molecular formula is C13H20OS. The molecule has 2 heteroatoms. The number of rotatable bonds is 3. The van der Waals surface area contributed by atoms with Crippen molar-refractivity contribution in [3.8, 4) is 0 Å². The predicted molar refractivity (Wildman–Crippen MR) is 67.2 cm³/mol. The van der Waals surface area contributed by atoms with Crippen LogP contribution in [-0.4, -0.2) is 19.5 Å². The van der Waals surface area contributed by atoms with Gasteiger partial charge in [0.2, 0.25) is 0 Å². The molecule has 0 heterocycles. The van der Waals surface area contributed by atoms with E-state index in [0.29, 0.717) is 5.92 Å². The van der Waals surface area contributed by atoms with Gasteiger partial charge < -0.3 is 4.74 Å². The molecule has 1 nitrogen and oxygen atoms in total. The van der Waals surface area contributed by atoms with Gasteiger partial charge in [0, 0.05) is 7.11 Å². The van der Waals surface area contributed by atoms with Gasteiger partial charge in [-0.1, -0.05) is 25.2 Å². The van der Waals surface area contributed by atoms with E-state index in [2.05, 4.69) is 37.8 Å². The van der Waals surface area contributed by atoms with E-state index in [1.54, 1.807) is 7.11 Å². The smallest absolute Gasteiger partial charge is 0.0679 e. The maximum Gasteiger partial charge on any atom is 0.0679 e. The molecule has 0 radical (unpaired) electrons. The third-order valence-electron chi connectivity index (χ3n) is 3.87. The van der Waals surface area contributed by atoms with Crippen molar-refractivity contribution in [1.82, 2.24) is 0 Å². The molecule has 0 aromatic heterocycles. The monoisotopic (exact) mass is 224 g/mol. The SMILES string of the molecule is COCC1=CC=CC2C(C)CC(CS)C12. The Kier molecular flexibility index (Phi) is 3.57. The molecule has 1 fully saturated rings. The lowest BCUT2D eigenvalue weighted by molar-refractivity contribution is 0.206. The molecule has 0 N–H and O–H groups in total. The summed E-state index contributed by atoms with van der Waals surface area (Å²) in [7, 11) is 1.78. The Morgan fingerprint density at radius 3 is 3.00 bits per heavy atom. The van der Waals surface area contributed by atoms with Crippen LogP contribution in [0.5, 0.6) is 0 Å². The Hall–Kier alpha value is -0.210. The quantitative estimate of drug-likeness (QED) is 0.725. The molecule has 2 rings (SSSR count). The van der Waals surface area contributed by atoms with Gasteiger partial charge in [-0.2, -0.15) is 12.6 Å². The van der Waals surface area contributed by atoms with Gasteiger partial charge in [0.25, 0.3) is 0 Å². The lowest BCUT2D eigenvalue weighted by atomic mass is 9.79. The molecule has 0 aromatic carbocycles. The fourth-order valence-corrected chi connectivity index (χ4v) is 3.60. The van der Waals surface area contributed by atoms with Crippen LogP contribution in [0, 0.1) is 23.7 Å². The Balaban J connectivity index is 2.20. The van der Waals surface area contributed by atoms with Gasteiger partial charge in [0.15, 0.2) is 0 Å². The zero-order chi connectivity index (χ0) is 10.8. The average molecular weight is 224 g/mol. The Morgan fingerprint density at radius 1 is 1.53 bits per heavy atom. The molecule has 15 heavy (non-hydrogen) atoms. The van der Waals surface area contributed by atoms with Crippen LogP contribution < -0.4 is 0 Å². The van der Waals surface area contributed by atoms with Crippen molar-refractivity contribution in [2.75, 3.05) is 19.5 Å². The Bertz CT molecular complexity index is 282. The summed E-state index contributed by atoms with van der Waals surface area (Å²) in [6, 6.07) is 0. The van der Waals surface area contributed by atoms with Crippen LogP contribution in [0.25, 0.3) is 0 Å². The molecule has 0 saturated heterocycles. The van der Waals surface area contributed by atoms with Crippen molar-refractivity contribution in [3.63, 3.8) is 0 Å². The summed E-state index contributed by atoms with van der Waals surface area (Å²) in [6.45, 7) is 3.14. The highest BCUT2D eigenvalue weighted by Gasteiger charge is 2.41. The summed E-state index contributed by atoms with van der Waals surface area (Å²) in [5.74, 6) is 3.93. The van der Waals surface area contributed by atoms with Crippen LogP contribution in [-0.2, 0) is 4.74 Å². The second kappa shape index (κ2) is 4.75. The van der Waals surface area contributed by atoms with Crippen molar-refractivity contribution in [3.05, 3.63) is 23.8 Å². The van der Waals surface area contributed by atoms with Crippen molar-refractivity contribution in [1.29, 1.82) is 0 Å². The van der Waals surface area contributed by atoms with Gasteiger partial charge >= 0.3 is 0 Å². The van der Waals surface area contributed by atoms with E-state index in [0.717, 1.165) is 30.1 Å². The molecule has 2 aliphatic rings. The number of hydrogen-bond donors (Lipinski definition) is 1. The molecular weight excluding hydrogens is 204 g/mol. The minimum Gasteiger partial charge on any atom is -0.380 e. The first-order chi connectivity index (χ1) is 7.27. The number of thiol groups is 1. The third kappa shape index (κ3) is 2.02. The average Bonchev–Trinajstić information content (AvgIpc) is 2.58. The van der Waals surface area contributed by atoms with E-state index >= 15 is 0 Å². The van der Waals surface area contributed by atoms with Crippen molar-refractivity contribution >= 4 is 12.6 Å². The molecule has 84 valence electrons. The van der Waals surface area contributed by atoms with Crippen molar-refractivity contribution in [2.45, 2.75) is 13.3 Å². The van der Waals surface area contributed by atoms with Gasteiger partial charge in [-0.05, 0) is 41.4 Å². The highest BCUT2D eigenvalue weighted by molar-refractivity contribution is 7.80. The Morgan fingerprint density at radius 2 is 2.33 bits per heavy atom. The second-order valence-corrected chi connectivity index (χ2v) is 5.18. The van der Waals surface area contributed by atoms with Crippen LogP contribution in [0.4, 0.5) is 0 Å². The van der Waals surface area contributed by atoms with E-state index in [4.69, 9.17) is 4.74 Å². The fraction of sp³-hybridized carbons (Fsp3) is 0.692. The van der Waals surface area contributed by atoms with Crippen molar-refractivity contribution < 1.29 is 4.74 Å². The molecule has 1 saturated carbocycles. The Labute approximate surface area is 98.0 Å². The zero-order valence-electron chi connectivity index (χ0n) is 9.52. The summed E-state index contributed by atoms with van der Waals surface area (Å²) < 4.78 is 5.29. The molecule has 0 amide bonds. The minimum absolute atomic E-state index is 0.683. The predicted octanol–water partition coefficient (Wildman–Crippen LogP) is 2.95. The molecule has 4 unspecified atom stereocenters. The molecule has 0 aromatic rings. The largest absolute Gasteiger partial charge is 0.380 e. The van der Waals surface area contributed by atoms with Crippen LogP contribution in [0.3, 0.4) is 0 Å². The minimum atomic E-state index is 0.683. The highest BCUT2D eigenvalue weighted by Crippen LogP contribution is 2.47. The summed E-state index contributed by atoms with van der Waals surface area (Å²) in [5, 5.41) is 0. The molecule has 0 aliphatic heterocycles. The molecule has 0 bridgehead atoms. The highest BCUT2D eigenvalue weighted by atomic mass is 32.1. The second-order valence-electron chi connectivity index (χ2n) is 4.82. The van der Waals surface area contributed by atoms with Gasteiger partial charge in [-0.3, -0.25) is 0 Å². The van der Waals surface area contributed by atoms with Gasteiger partial charge in [-0.25, -0.2) is 0 Å². The van der Waals surface area contributed by atoms with Crippen LogP contribution >= 0.6 is 12.6 Å². The molecule has 4 atom stereocenters. The summed E-state index contributed by atoms with van der Waals surface area (Å²) in [6.07, 6.45) is 8.12. The van der Waals surface area contributed by atoms with Crippen LogP contribution in [0.2, 0.25) is 0 Å². The lowest BCUT2D eigenvalue weighted by Crippen LogP contribution is -2.23. The van der Waals surface area contributed by atoms with Crippen LogP contribution in [0.1, 0.15) is 13.3 Å². The maximum absolute atomic E-state index is 5.29. The molecule has 2 aliphatic carbocycles. The number of ether oxygens (including phenoxy) is 1. The van der Waals surface area contributed by atoms with E-state index < -0.39 is 0 Å². The zero-order valence-corrected chi connectivity index (χ0v) is 10.4. The lowest BCUT2D eigenvalue weighted by Gasteiger charge is -2.28. The number of fused-ring (bicyclic) bond motifs is 1. The van der Waals surface area contributed by atoms with Gasteiger partial charge in [-0.15, -0.1) is 0 Å². The summed E-state index contributed by atoms with van der Waals surface area (Å²) in [4.78, 5) is 0. The normalized spacial score (nSPS) is 39.0. The van der Waals surface area contributed by atoms with Gasteiger partial charge in [0.05, 0.1) is 6.61 Å². The summed E-state index contributed by atoms with van der Waals surface area (Å²) in [5.41, 5.74) is 1.47. The van der Waals surface area contributed by atoms with E-state index in [1.807, 2.05) is 0 Å². The number of hydrogen-bond acceptors (Lipinski definition) is 2. The first kappa shape index (κ1) is 11.3. The van der Waals surface area contributed by atoms with E-state index in [-0.39, 0.29) is 0 Å². The fourth-order valence-electron chi connectivity index (χ4n) is 3.23. The number of allylic oxidation sites excluding steroid dienone is 3. The van der Waals surface area contributed by atoms with E-state index in [9.17, 15) is 0 Å². The standard InChI is InChI=1S/C13H20OS/c1-9-6-11(8-15)13-10(7-14-2)4-3-5-12(9)13/h3-5,9,11-13,15H,6-8H2,1-2H3. The first-order valence-electron chi connectivity index (χ1n) is 5.75. The summed E-state index contributed by atoms with van der Waals surface area (Å²) >= 11 is 4.49. The third-order valence-corrected chi connectivity index (χ3v) is 4.34. The van der Waals surface area contributed by atoms with Crippen molar-refractivity contribution in [2.24, 2.45) is 23.7 Å². The van der Waals surface area contributed by atoms with Gasteiger partial charge in [0.1, 0.15) is 0 Å². The topological polar surface area (TPSA) is 9.23 Å². The molecule has 0 spiro atoms. The maximum atomic E-state index is 5.29. The van der Waals surface area contributed by atoms with E-state index in [1.165, 1.54) is 12.0 Å². The number of methoxy groups -OCH3 is 1. The first-order valence-corrected chi connectivity index (χ1v) is 6.38. The van der Waals surface area contributed by atoms with Crippen LogP contribution in [0.15, 0.2) is 23.8 Å².